The fourth-order valence-corrected chi connectivity index (χ4v) is 3.29. The van der Waals surface area contributed by atoms with Gasteiger partial charge in [0.25, 0.3) is 0 Å². The van der Waals surface area contributed by atoms with Crippen molar-refractivity contribution >= 4 is 18.5 Å². The van der Waals surface area contributed by atoms with Gasteiger partial charge < -0.3 is 0 Å². The Hall–Kier alpha value is -2.40. The van der Waals surface area contributed by atoms with Crippen molar-refractivity contribution in [2.24, 2.45) is 5.92 Å². The van der Waals surface area contributed by atoms with Crippen molar-refractivity contribution in [3.8, 4) is 11.7 Å². The second-order valence-electron chi connectivity index (χ2n) is 5.71. The summed E-state index contributed by atoms with van der Waals surface area (Å²) in [5, 5.41) is 21.8. The van der Waals surface area contributed by atoms with Gasteiger partial charge >= 0.3 is 132 Å². The predicted molar refractivity (Wildman–Crippen MR) is 80.9 cm³/mol. The Morgan fingerprint density at radius 1 is 1.61 bits per heavy atom. The molecule has 0 bridgehead atoms. The molecule has 2 aliphatic rings. The van der Waals surface area contributed by atoms with Crippen molar-refractivity contribution in [2.75, 3.05) is 20.3 Å². The van der Waals surface area contributed by atoms with Crippen LogP contribution in [0.2, 0.25) is 0 Å². The molecular weight excluding hydrogens is 300 g/mol. The molecule has 2 aliphatic heterocycles. The number of hydrogen-bond acceptors (Lipinski definition) is 5. The molecule has 0 aromatic heterocycles. The van der Waals surface area contributed by atoms with E-state index in [4.69, 9.17) is 10.00 Å². The van der Waals surface area contributed by atoms with Crippen LogP contribution in [0.5, 0.6) is 5.75 Å². The number of nitrogens with zero attached hydrogens (tertiary/aromatic N) is 2. The molecule has 0 spiro atoms. The SMILES string of the molecule is CN1C(=O)C2CCOCC2(c2cc(O)ccc2F)NC1=BC#N. The molecule has 0 aliphatic carbocycles. The van der Waals surface area contributed by atoms with E-state index in [1.54, 1.807) is 7.05 Å². The maximum atomic E-state index is 14.4. The summed E-state index contributed by atoms with van der Waals surface area (Å²) < 4.78 is 20.0. The second kappa shape index (κ2) is 5.67. The molecule has 2 heterocycles. The van der Waals surface area contributed by atoms with Crippen molar-refractivity contribution in [2.45, 2.75) is 12.0 Å². The number of fused-ring (bicyclic) bond motifs is 1. The number of amides is 1. The normalized spacial score (nSPS) is 28.6. The molecule has 2 fully saturated rings. The van der Waals surface area contributed by atoms with E-state index in [9.17, 15) is 14.3 Å². The number of carbonyl (C=O) groups is 1. The average molecular weight is 315 g/mol. The molecule has 0 saturated carbocycles. The zero-order valence-corrected chi connectivity index (χ0v) is 12.5. The van der Waals surface area contributed by atoms with Gasteiger partial charge in [-0.15, -0.1) is 0 Å². The predicted octanol–water partition coefficient (Wildman–Crippen LogP) is 0.0974. The van der Waals surface area contributed by atoms with Gasteiger partial charge in [-0.1, -0.05) is 0 Å². The summed E-state index contributed by atoms with van der Waals surface area (Å²) >= 11 is 0. The Labute approximate surface area is 133 Å². The molecule has 2 N–H and O–H groups in total. The summed E-state index contributed by atoms with van der Waals surface area (Å²) in [7, 11) is 1.57. The van der Waals surface area contributed by atoms with Crippen LogP contribution < -0.4 is 5.32 Å². The molecule has 6 nitrogen and oxygen atoms in total. The summed E-state index contributed by atoms with van der Waals surface area (Å²) in [5.74, 6) is 0.476. The van der Waals surface area contributed by atoms with Gasteiger partial charge in [0.1, 0.15) is 0 Å². The molecule has 3 rings (SSSR count). The van der Waals surface area contributed by atoms with Crippen LogP contribution in [0.4, 0.5) is 4.39 Å². The number of benzene rings is 1. The molecule has 2 saturated heterocycles. The first-order valence-corrected chi connectivity index (χ1v) is 7.22. The molecule has 1 aromatic carbocycles. The Morgan fingerprint density at radius 2 is 2.39 bits per heavy atom. The van der Waals surface area contributed by atoms with E-state index < -0.39 is 17.3 Å². The number of nitriles is 1. The van der Waals surface area contributed by atoms with Crippen LogP contribution >= 0.6 is 0 Å². The number of phenolic OH excluding ortho intramolecular Hbond substituents is 1. The van der Waals surface area contributed by atoms with E-state index in [0.717, 1.165) is 6.07 Å². The number of rotatable bonds is 1. The third kappa shape index (κ3) is 2.37. The Kier molecular flexibility index (Phi) is 3.82. The van der Waals surface area contributed by atoms with Gasteiger partial charge in [-0.3, -0.25) is 0 Å². The first-order valence-electron chi connectivity index (χ1n) is 7.22. The van der Waals surface area contributed by atoms with Crippen LogP contribution in [0.3, 0.4) is 0 Å². The number of nitrogens with one attached hydrogen (secondary N) is 1. The van der Waals surface area contributed by atoms with E-state index in [1.807, 2.05) is 5.97 Å². The molecule has 1 aromatic rings. The van der Waals surface area contributed by atoms with Crippen LogP contribution in [0.25, 0.3) is 0 Å². The number of phenols is 1. The third-order valence-corrected chi connectivity index (χ3v) is 4.45. The van der Waals surface area contributed by atoms with Crippen LogP contribution in [-0.2, 0) is 15.1 Å². The molecule has 0 radical (unpaired) electrons. The summed E-state index contributed by atoms with van der Waals surface area (Å²) in [6.07, 6.45) is 0.422. The third-order valence-electron chi connectivity index (χ3n) is 4.45. The molecule has 8 heteroatoms. The van der Waals surface area contributed by atoms with Gasteiger partial charge in [-0.25, -0.2) is 0 Å². The van der Waals surface area contributed by atoms with E-state index in [2.05, 4.69) is 5.32 Å². The average Bonchev–Trinajstić information content (AvgIpc) is 2.55. The van der Waals surface area contributed by atoms with E-state index >= 15 is 0 Å². The van der Waals surface area contributed by atoms with Crippen molar-refractivity contribution in [3.63, 3.8) is 0 Å². The van der Waals surface area contributed by atoms with Crippen molar-refractivity contribution in [1.29, 1.82) is 5.26 Å². The second-order valence-corrected chi connectivity index (χ2v) is 5.71. The van der Waals surface area contributed by atoms with Crippen LogP contribution in [-0.4, -0.2) is 48.8 Å². The van der Waals surface area contributed by atoms with Crippen molar-refractivity contribution in [1.82, 2.24) is 10.2 Å². The number of ether oxygens (including phenoxy) is 1. The van der Waals surface area contributed by atoms with Crippen LogP contribution in [0.15, 0.2) is 18.2 Å². The molecular formula is C15H15BFN3O3. The van der Waals surface area contributed by atoms with Crippen molar-refractivity contribution in [3.05, 3.63) is 29.6 Å². The first kappa shape index (κ1) is 15.5. The molecule has 1 amide bonds. The van der Waals surface area contributed by atoms with Gasteiger partial charge in [0.05, 0.1) is 0 Å². The van der Waals surface area contributed by atoms with Gasteiger partial charge in [-0.2, -0.15) is 0 Å². The summed E-state index contributed by atoms with van der Waals surface area (Å²) in [6.45, 7) is 1.66. The monoisotopic (exact) mass is 315 g/mol. The van der Waals surface area contributed by atoms with Gasteiger partial charge in [0.2, 0.25) is 0 Å². The zero-order valence-electron chi connectivity index (χ0n) is 12.5. The summed E-state index contributed by atoms with van der Waals surface area (Å²) in [6, 6.07) is 3.70. The fourth-order valence-electron chi connectivity index (χ4n) is 3.29. The van der Waals surface area contributed by atoms with E-state index in [0.29, 0.717) is 13.0 Å². The number of carbonyl (C=O) groups excluding carboxylic acids is 1. The Bertz CT molecular complexity index is 733. The van der Waals surface area contributed by atoms with Gasteiger partial charge in [0.15, 0.2) is 0 Å². The molecule has 118 valence electrons. The quantitative estimate of drug-likeness (QED) is 0.718. The Balaban J connectivity index is 2.18. The van der Waals surface area contributed by atoms with Gasteiger partial charge in [0, 0.05) is 0 Å². The summed E-state index contributed by atoms with van der Waals surface area (Å²) in [4.78, 5) is 14.1. The zero-order chi connectivity index (χ0) is 16.6. The topological polar surface area (TPSA) is 85.6 Å². The standard InChI is InChI=1S/C15H15BFN3O3/c1-20-13(22)10-4-5-23-7-15(10,19-14(20)16-8-18)11-6-9(21)2-3-12(11)17/h2-3,6,10,19,21H,4-5,7H2,1H3. The van der Waals surface area contributed by atoms with Gasteiger partial charge in [-0.05, 0) is 0 Å². The first-order chi connectivity index (χ1) is 11.0. The van der Waals surface area contributed by atoms with E-state index in [1.165, 1.54) is 24.0 Å². The maximum absolute atomic E-state index is 14.4. The van der Waals surface area contributed by atoms with Crippen LogP contribution in [0.1, 0.15) is 12.0 Å². The van der Waals surface area contributed by atoms with E-state index in [-0.39, 0.29) is 29.5 Å². The van der Waals surface area contributed by atoms with Crippen LogP contribution in [0, 0.1) is 23.0 Å². The minimum absolute atomic E-state index is 0.0698. The molecule has 2 unspecified atom stereocenters. The number of hydrogen-bond donors (Lipinski definition) is 2. The van der Waals surface area contributed by atoms with Crippen molar-refractivity contribution < 1.29 is 19.0 Å². The fraction of sp³-hybridized carbons (Fsp3) is 0.400. The molecule has 23 heavy (non-hydrogen) atoms. The number of halogens is 1. The molecule has 2 atom stereocenters. The summed E-state index contributed by atoms with van der Waals surface area (Å²) in [5.41, 5.74) is -0.706. The Morgan fingerprint density at radius 3 is 3.13 bits per heavy atom. The minimum atomic E-state index is -1.15. The number of aromatic hydroxyl groups is 1.